The van der Waals surface area contributed by atoms with Crippen molar-refractivity contribution >= 4 is 5.69 Å². The van der Waals surface area contributed by atoms with Gasteiger partial charge in [0.1, 0.15) is 0 Å². The molecular weight excluding hydrogens is 281 g/mol. The Kier molecular flexibility index (Phi) is 4.52. The van der Waals surface area contributed by atoms with E-state index in [1.54, 1.807) is 19.2 Å². The molecule has 0 unspecified atom stereocenters. The van der Waals surface area contributed by atoms with E-state index >= 15 is 0 Å². The molecule has 2 rings (SSSR count). The molecule has 7 heteroatoms. The number of halogens is 3. The standard InChI is InChI=1S/C14H17F3N4/c1-10-13(19-7-3-6-18)9-20-21(10)12-5-2-4-11(8-12)14(15,16)17/h2,4-5,8-9,19H,3,6-7,18H2,1H3. The molecule has 0 atom stereocenters. The number of anilines is 1. The van der Waals surface area contributed by atoms with Crippen LogP contribution in [0.3, 0.4) is 0 Å². The molecular formula is C14H17F3N4. The van der Waals surface area contributed by atoms with Gasteiger partial charge in [-0.2, -0.15) is 18.3 Å². The van der Waals surface area contributed by atoms with E-state index in [2.05, 4.69) is 10.4 Å². The number of nitrogens with two attached hydrogens (primary N) is 1. The molecule has 4 nitrogen and oxygen atoms in total. The molecule has 21 heavy (non-hydrogen) atoms. The zero-order valence-corrected chi connectivity index (χ0v) is 11.6. The van der Waals surface area contributed by atoms with E-state index in [-0.39, 0.29) is 0 Å². The first kappa shape index (κ1) is 15.4. The van der Waals surface area contributed by atoms with Crippen LogP contribution in [0.4, 0.5) is 18.9 Å². The monoisotopic (exact) mass is 298 g/mol. The first-order chi connectivity index (χ1) is 9.93. The maximum Gasteiger partial charge on any atom is 0.416 e. The predicted octanol–water partition coefficient (Wildman–Crippen LogP) is 2.96. The van der Waals surface area contributed by atoms with Gasteiger partial charge in [-0.3, -0.25) is 0 Å². The molecule has 114 valence electrons. The molecule has 1 aromatic carbocycles. The van der Waals surface area contributed by atoms with Crippen molar-refractivity contribution in [2.24, 2.45) is 5.73 Å². The fourth-order valence-corrected chi connectivity index (χ4v) is 1.98. The Labute approximate surface area is 120 Å². The third-order valence-corrected chi connectivity index (χ3v) is 3.12. The van der Waals surface area contributed by atoms with Crippen LogP contribution in [0.5, 0.6) is 0 Å². The van der Waals surface area contributed by atoms with E-state index in [4.69, 9.17) is 5.73 Å². The number of hydrogen-bond acceptors (Lipinski definition) is 3. The van der Waals surface area contributed by atoms with Gasteiger partial charge in [0.15, 0.2) is 0 Å². The first-order valence-electron chi connectivity index (χ1n) is 6.59. The summed E-state index contributed by atoms with van der Waals surface area (Å²) in [7, 11) is 0. The molecule has 0 radical (unpaired) electrons. The summed E-state index contributed by atoms with van der Waals surface area (Å²) in [5, 5.41) is 7.31. The first-order valence-corrected chi connectivity index (χ1v) is 6.59. The van der Waals surface area contributed by atoms with Crippen molar-refractivity contribution in [1.29, 1.82) is 0 Å². The molecule has 2 aromatic rings. The third kappa shape index (κ3) is 3.55. The van der Waals surface area contributed by atoms with Gasteiger partial charge in [0.05, 0.1) is 28.8 Å². The van der Waals surface area contributed by atoms with Crippen LogP contribution in [-0.2, 0) is 6.18 Å². The number of nitrogens with one attached hydrogen (secondary N) is 1. The Morgan fingerprint density at radius 3 is 2.76 bits per heavy atom. The maximum atomic E-state index is 12.7. The zero-order chi connectivity index (χ0) is 15.5. The molecule has 0 aliphatic heterocycles. The average molecular weight is 298 g/mol. The summed E-state index contributed by atoms with van der Waals surface area (Å²) in [5.74, 6) is 0. The maximum absolute atomic E-state index is 12.7. The number of nitrogens with zero attached hydrogens (tertiary/aromatic N) is 2. The lowest BCUT2D eigenvalue weighted by Crippen LogP contribution is -2.09. The van der Waals surface area contributed by atoms with Crippen molar-refractivity contribution in [1.82, 2.24) is 9.78 Å². The third-order valence-electron chi connectivity index (χ3n) is 3.12. The van der Waals surface area contributed by atoms with Gasteiger partial charge in [0.25, 0.3) is 0 Å². The largest absolute Gasteiger partial charge is 0.416 e. The number of hydrogen-bond donors (Lipinski definition) is 2. The van der Waals surface area contributed by atoms with Crippen LogP contribution in [0.15, 0.2) is 30.5 Å². The van der Waals surface area contributed by atoms with Gasteiger partial charge < -0.3 is 11.1 Å². The van der Waals surface area contributed by atoms with Crippen LogP contribution in [0.2, 0.25) is 0 Å². The fraction of sp³-hybridized carbons (Fsp3) is 0.357. The molecule has 0 bridgehead atoms. The number of aromatic nitrogens is 2. The summed E-state index contributed by atoms with van der Waals surface area (Å²) in [6.07, 6.45) is -1.94. The minimum atomic E-state index is -4.36. The quantitative estimate of drug-likeness (QED) is 0.834. The van der Waals surface area contributed by atoms with Crippen molar-refractivity contribution in [3.8, 4) is 5.69 Å². The summed E-state index contributed by atoms with van der Waals surface area (Å²) in [5.41, 5.74) is 6.66. The summed E-state index contributed by atoms with van der Waals surface area (Å²) in [6.45, 7) is 3.08. The summed E-state index contributed by atoms with van der Waals surface area (Å²) in [6, 6.07) is 5.10. The van der Waals surface area contributed by atoms with Crippen LogP contribution in [0.1, 0.15) is 17.7 Å². The molecule has 1 aromatic heterocycles. The molecule has 0 amide bonds. The Balaban J connectivity index is 2.26. The minimum absolute atomic E-state index is 0.384. The molecule has 0 saturated carbocycles. The molecule has 1 heterocycles. The predicted molar refractivity (Wildman–Crippen MR) is 75.5 cm³/mol. The lowest BCUT2D eigenvalue weighted by molar-refractivity contribution is -0.137. The molecule has 3 N–H and O–H groups in total. The molecule has 0 aliphatic rings. The second-order valence-corrected chi connectivity index (χ2v) is 4.67. The minimum Gasteiger partial charge on any atom is -0.382 e. The van der Waals surface area contributed by atoms with Gasteiger partial charge in [0.2, 0.25) is 0 Å². The summed E-state index contributed by atoms with van der Waals surface area (Å²) in [4.78, 5) is 0. The van der Waals surface area contributed by atoms with Crippen molar-refractivity contribution in [2.75, 3.05) is 18.4 Å². The molecule has 0 fully saturated rings. The van der Waals surface area contributed by atoms with Gasteiger partial charge in [0, 0.05) is 6.54 Å². The molecule has 0 saturated heterocycles. The lowest BCUT2D eigenvalue weighted by Gasteiger charge is -2.10. The second kappa shape index (κ2) is 6.17. The Morgan fingerprint density at radius 2 is 2.10 bits per heavy atom. The van der Waals surface area contributed by atoms with Gasteiger partial charge in [-0.05, 0) is 38.1 Å². The Hall–Kier alpha value is -2.02. The second-order valence-electron chi connectivity index (χ2n) is 4.67. The van der Waals surface area contributed by atoms with E-state index in [1.165, 1.54) is 10.7 Å². The van der Waals surface area contributed by atoms with E-state index in [0.29, 0.717) is 18.8 Å². The van der Waals surface area contributed by atoms with E-state index in [1.807, 2.05) is 0 Å². The highest BCUT2D eigenvalue weighted by Crippen LogP contribution is 2.30. The van der Waals surface area contributed by atoms with Crippen LogP contribution in [0.25, 0.3) is 5.69 Å². The van der Waals surface area contributed by atoms with Crippen molar-refractivity contribution < 1.29 is 13.2 Å². The van der Waals surface area contributed by atoms with E-state index < -0.39 is 11.7 Å². The topological polar surface area (TPSA) is 55.9 Å². The van der Waals surface area contributed by atoms with Gasteiger partial charge in [-0.25, -0.2) is 4.68 Å². The lowest BCUT2D eigenvalue weighted by atomic mass is 10.2. The van der Waals surface area contributed by atoms with Crippen LogP contribution >= 0.6 is 0 Å². The SMILES string of the molecule is Cc1c(NCCCN)cnn1-c1cccc(C(F)(F)F)c1. The smallest absolute Gasteiger partial charge is 0.382 e. The van der Waals surface area contributed by atoms with E-state index in [0.717, 1.165) is 29.9 Å². The molecule has 0 spiro atoms. The highest BCUT2D eigenvalue weighted by Gasteiger charge is 2.30. The zero-order valence-electron chi connectivity index (χ0n) is 11.6. The average Bonchev–Trinajstić information content (AvgIpc) is 2.80. The van der Waals surface area contributed by atoms with Crippen LogP contribution in [0, 0.1) is 6.92 Å². The van der Waals surface area contributed by atoms with Crippen LogP contribution < -0.4 is 11.1 Å². The summed E-state index contributed by atoms with van der Waals surface area (Å²) < 4.78 is 39.7. The van der Waals surface area contributed by atoms with Crippen molar-refractivity contribution in [3.63, 3.8) is 0 Å². The van der Waals surface area contributed by atoms with Gasteiger partial charge in [-0.15, -0.1) is 0 Å². The Bertz CT molecular complexity index is 605. The van der Waals surface area contributed by atoms with Gasteiger partial charge >= 0.3 is 6.18 Å². The Morgan fingerprint density at radius 1 is 1.33 bits per heavy atom. The number of rotatable bonds is 5. The normalized spacial score (nSPS) is 11.7. The number of benzene rings is 1. The fourth-order valence-electron chi connectivity index (χ4n) is 1.98. The highest BCUT2D eigenvalue weighted by atomic mass is 19.4. The van der Waals surface area contributed by atoms with Crippen molar-refractivity contribution in [3.05, 3.63) is 41.7 Å². The highest BCUT2D eigenvalue weighted by molar-refractivity contribution is 5.50. The molecule has 0 aliphatic carbocycles. The van der Waals surface area contributed by atoms with Crippen molar-refractivity contribution in [2.45, 2.75) is 19.5 Å². The summed E-state index contributed by atoms with van der Waals surface area (Å²) >= 11 is 0. The van der Waals surface area contributed by atoms with Crippen LogP contribution in [-0.4, -0.2) is 22.9 Å². The van der Waals surface area contributed by atoms with E-state index in [9.17, 15) is 13.2 Å². The van der Waals surface area contributed by atoms with Gasteiger partial charge in [-0.1, -0.05) is 6.07 Å². The number of alkyl halides is 3.